The third kappa shape index (κ3) is 5.41. The Morgan fingerprint density at radius 2 is 1.66 bits per heavy atom. The number of amides is 1. The average Bonchev–Trinajstić information content (AvgIpc) is 2.84. The van der Waals surface area contributed by atoms with Crippen LogP contribution in [-0.2, 0) is 0 Å². The number of hydrogen-bond donors (Lipinski definition) is 2. The van der Waals surface area contributed by atoms with Crippen molar-refractivity contribution in [3.8, 4) is 23.1 Å². The van der Waals surface area contributed by atoms with Gasteiger partial charge in [-0.2, -0.15) is 0 Å². The molecule has 0 aliphatic rings. The number of carbonyl (C=O) groups excluding carboxylic acids is 1. The van der Waals surface area contributed by atoms with E-state index in [1.807, 2.05) is 0 Å². The van der Waals surface area contributed by atoms with E-state index in [0.29, 0.717) is 45.8 Å². The van der Waals surface area contributed by atoms with Gasteiger partial charge in [0, 0.05) is 17.8 Å². The molecule has 0 unspecified atom stereocenters. The summed E-state index contributed by atoms with van der Waals surface area (Å²) in [6, 6.07) is 12.8. The van der Waals surface area contributed by atoms with Crippen molar-refractivity contribution in [3.63, 3.8) is 0 Å². The predicted molar refractivity (Wildman–Crippen MR) is 129 cm³/mol. The van der Waals surface area contributed by atoms with Gasteiger partial charge in [-0.05, 0) is 54.7 Å². The molecule has 11 heteroatoms. The van der Waals surface area contributed by atoms with Gasteiger partial charge in [0.1, 0.15) is 23.7 Å². The molecule has 1 heterocycles. The molecule has 8 nitrogen and oxygen atoms in total. The SMILES string of the molecule is COc1cc2ncnc(Oc3ccc(NC(=S)NC(=O)c4ccc(F)cc4F)cc3)c2cc1OC. The van der Waals surface area contributed by atoms with Gasteiger partial charge in [-0.3, -0.25) is 10.1 Å². The first kappa shape index (κ1) is 23.8. The number of fused-ring (bicyclic) bond motifs is 1. The molecule has 0 spiro atoms. The third-order valence-corrected chi connectivity index (χ3v) is 5.04. The average molecular weight is 496 g/mol. The summed E-state index contributed by atoms with van der Waals surface area (Å²) < 4.78 is 43.4. The zero-order chi connectivity index (χ0) is 24.9. The molecule has 0 aliphatic heterocycles. The van der Waals surface area contributed by atoms with Crippen molar-refractivity contribution in [1.82, 2.24) is 15.3 Å². The Bertz CT molecular complexity index is 1420. The van der Waals surface area contributed by atoms with Crippen LogP contribution in [0.15, 0.2) is 60.9 Å². The highest BCUT2D eigenvalue weighted by Crippen LogP contribution is 2.35. The molecule has 0 atom stereocenters. The van der Waals surface area contributed by atoms with Crippen LogP contribution in [0, 0.1) is 11.6 Å². The Labute approximate surface area is 203 Å². The normalized spacial score (nSPS) is 10.5. The van der Waals surface area contributed by atoms with E-state index in [-0.39, 0.29) is 10.7 Å². The van der Waals surface area contributed by atoms with Crippen LogP contribution in [0.25, 0.3) is 10.9 Å². The molecule has 0 radical (unpaired) electrons. The van der Waals surface area contributed by atoms with Gasteiger partial charge in [-0.1, -0.05) is 0 Å². The van der Waals surface area contributed by atoms with Gasteiger partial charge in [-0.25, -0.2) is 18.7 Å². The number of halogens is 2. The van der Waals surface area contributed by atoms with Crippen LogP contribution in [0.2, 0.25) is 0 Å². The first-order valence-electron chi connectivity index (χ1n) is 10.1. The molecule has 1 aromatic heterocycles. The second-order valence-corrected chi connectivity index (χ2v) is 7.47. The molecule has 4 rings (SSSR count). The molecule has 0 saturated carbocycles. The highest BCUT2D eigenvalue weighted by molar-refractivity contribution is 7.80. The Hall–Kier alpha value is -4.38. The van der Waals surface area contributed by atoms with Crippen LogP contribution in [0.1, 0.15) is 10.4 Å². The maximum Gasteiger partial charge on any atom is 0.260 e. The summed E-state index contributed by atoms with van der Waals surface area (Å²) >= 11 is 5.11. The minimum Gasteiger partial charge on any atom is -0.493 e. The summed E-state index contributed by atoms with van der Waals surface area (Å²) in [5.41, 5.74) is 0.830. The van der Waals surface area contributed by atoms with Crippen molar-refractivity contribution in [3.05, 3.63) is 78.1 Å². The van der Waals surface area contributed by atoms with Crippen LogP contribution in [-0.4, -0.2) is 35.2 Å². The van der Waals surface area contributed by atoms with Gasteiger partial charge >= 0.3 is 0 Å². The highest BCUT2D eigenvalue weighted by Gasteiger charge is 2.15. The van der Waals surface area contributed by atoms with Crippen LogP contribution in [0.3, 0.4) is 0 Å². The number of hydrogen-bond acceptors (Lipinski definition) is 7. The summed E-state index contributed by atoms with van der Waals surface area (Å²) in [7, 11) is 3.07. The number of anilines is 1. The number of methoxy groups -OCH3 is 2. The molecule has 1 amide bonds. The lowest BCUT2D eigenvalue weighted by atomic mass is 10.2. The monoisotopic (exact) mass is 496 g/mol. The quantitative estimate of drug-likeness (QED) is 0.366. The number of aromatic nitrogens is 2. The van der Waals surface area contributed by atoms with E-state index >= 15 is 0 Å². The maximum absolute atomic E-state index is 13.8. The lowest BCUT2D eigenvalue weighted by Crippen LogP contribution is -2.34. The molecule has 0 saturated heterocycles. The summed E-state index contributed by atoms with van der Waals surface area (Å²) in [4.78, 5) is 20.6. The van der Waals surface area contributed by atoms with Gasteiger partial charge in [0.25, 0.3) is 5.91 Å². The molecular formula is C24H18F2N4O4S. The van der Waals surface area contributed by atoms with Crippen LogP contribution < -0.4 is 24.8 Å². The second-order valence-electron chi connectivity index (χ2n) is 7.06. The van der Waals surface area contributed by atoms with Crippen LogP contribution in [0.5, 0.6) is 23.1 Å². The Morgan fingerprint density at radius 1 is 0.943 bits per heavy atom. The number of carbonyl (C=O) groups is 1. The van der Waals surface area contributed by atoms with Crippen LogP contribution >= 0.6 is 12.2 Å². The highest BCUT2D eigenvalue weighted by atomic mass is 32.1. The molecule has 2 N–H and O–H groups in total. The summed E-state index contributed by atoms with van der Waals surface area (Å²) in [5, 5.41) is 5.73. The lowest BCUT2D eigenvalue weighted by Gasteiger charge is -2.12. The summed E-state index contributed by atoms with van der Waals surface area (Å²) in [6.07, 6.45) is 1.38. The number of nitrogens with zero attached hydrogens (tertiary/aromatic N) is 2. The van der Waals surface area contributed by atoms with Crippen molar-refractivity contribution in [2.24, 2.45) is 0 Å². The van der Waals surface area contributed by atoms with E-state index in [4.69, 9.17) is 26.4 Å². The first-order valence-corrected chi connectivity index (χ1v) is 10.5. The smallest absolute Gasteiger partial charge is 0.260 e. The van der Waals surface area contributed by atoms with Gasteiger partial charge in [0.05, 0.1) is 30.7 Å². The molecule has 0 aliphatic carbocycles. The third-order valence-electron chi connectivity index (χ3n) is 4.83. The van der Waals surface area contributed by atoms with Crippen molar-refractivity contribution in [2.45, 2.75) is 0 Å². The first-order chi connectivity index (χ1) is 16.9. The van der Waals surface area contributed by atoms with Crippen molar-refractivity contribution in [1.29, 1.82) is 0 Å². The molecule has 178 valence electrons. The zero-order valence-electron chi connectivity index (χ0n) is 18.5. The van der Waals surface area contributed by atoms with Gasteiger partial charge in [-0.15, -0.1) is 0 Å². The second kappa shape index (κ2) is 10.3. The topological polar surface area (TPSA) is 94.6 Å². The predicted octanol–water partition coefficient (Wildman–Crippen LogP) is 4.84. The standard InChI is InChI=1S/C24H18F2N4O4S/c1-32-20-10-17-19(11-21(20)33-2)27-12-28-23(17)34-15-6-4-14(5-7-15)29-24(35)30-22(31)16-8-3-13(25)9-18(16)26/h3-12H,1-2H3,(H2,29,30,31,35). The van der Waals surface area contributed by atoms with E-state index < -0.39 is 17.5 Å². The fourth-order valence-electron chi connectivity index (χ4n) is 3.17. The Morgan fingerprint density at radius 3 is 2.34 bits per heavy atom. The summed E-state index contributed by atoms with van der Waals surface area (Å²) in [6.45, 7) is 0. The van der Waals surface area contributed by atoms with Gasteiger partial charge < -0.3 is 19.5 Å². The zero-order valence-corrected chi connectivity index (χ0v) is 19.3. The number of nitrogens with one attached hydrogen (secondary N) is 2. The fourth-order valence-corrected chi connectivity index (χ4v) is 3.38. The van der Waals surface area contributed by atoms with Crippen molar-refractivity contribution >= 4 is 39.8 Å². The molecule has 0 fully saturated rings. The maximum atomic E-state index is 13.8. The minimum absolute atomic E-state index is 0.0600. The molecule has 0 bridgehead atoms. The van der Waals surface area contributed by atoms with Gasteiger partial charge in [0.2, 0.25) is 5.88 Å². The van der Waals surface area contributed by atoms with E-state index in [1.165, 1.54) is 20.5 Å². The van der Waals surface area contributed by atoms with E-state index in [1.54, 1.807) is 36.4 Å². The molecule has 4 aromatic rings. The van der Waals surface area contributed by atoms with Crippen molar-refractivity contribution < 1.29 is 27.8 Å². The van der Waals surface area contributed by atoms with Gasteiger partial charge in [0.15, 0.2) is 16.6 Å². The number of ether oxygens (including phenoxy) is 3. The molecule has 3 aromatic carbocycles. The number of thiocarbonyl (C=S) groups is 1. The number of benzene rings is 3. The Balaban J connectivity index is 1.44. The van der Waals surface area contributed by atoms with E-state index in [2.05, 4.69) is 20.6 Å². The lowest BCUT2D eigenvalue weighted by molar-refractivity contribution is 0.0973. The van der Waals surface area contributed by atoms with Crippen molar-refractivity contribution in [2.75, 3.05) is 19.5 Å². The fraction of sp³-hybridized carbons (Fsp3) is 0.0833. The minimum atomic E-state index is -0.986. The summed E-state index contributed by atoms with van der Waals surface area (Å²) in [5.74, 6) is -0.728. The van der Waals surface area contributed by atoms with E-state index in [0.717, 1.165) is 12.1 Å². The largest absolute Gasteiger partial charge is 0.493 e. The Kier molecular flexibility index (Phi) is 6.97. The number of rotatable bonds is 6. The van der Waals surface area contributed by atoms with E-state index in [9.17, 15) is 13.6 Å². The molecule has 35 heavy (non-hydrogen) atoms. The van der Waals surface area contributed by atoms with Crippen LogP contribution in [0.4, 0.5) is 14.5 Å². The molecular weight excluding hydrogens is 478 g/mol.